The van der Waals surface area contributed by atoms with Crippen molar-refractivity contribution in [3.63, 3.8) is 0 Å². The number of anilines is 1. The molecular formula is C12H18N4O5S. The summed E-state index contributed by atoms with van der Waals surface area (Å²) in [7, 11) is 0. The summed E-state index contributed by atoms with van der Waals surface area (Å²) < 4.78 is 12.0. The molecule has 1 fully saturated rings. The minimum Gasteiger partial charge on any atom is -0.462 e. The molecule has 0 amide bonds. The van der Waals surface area contributed by atoms with Crippen LogP contribution in [-0.2, 0) is 14.3 Å². The number of rotatable bonds is 6. The van der Waals surface area contributed by atoms with Crippen LogP contribution >= 0.6 is 12.6 Å². The molecule has 9 nitrogen and oxygen atoms in total. The third-order valence-corrected chi connectivity index (χ3v) is 3.64. The fraction of sp³-hybridized carbons (Fsp3) is 0.583. The van der Waals surface area contributed by atoms with Crippen LogP contribution in [0.1, 0.15) is 19.1 Å². The van der Waals surface area contributed by atoms with Crippen LogP contribution in [0.3, 0.4) is 0 Å². The summed E-state index contributed by atoms with van der Waals surface area (Å²) in [6.07, 6.45) is 1.93. The zero-order valence-electron chi connectivity index (χ0n) is 11.7. The van der Waals surface area contributed by atoms with E-state index in [2.05, 4.69) is 17.6 Å². The number of nitrogens with one attached hydrogen (secondary N) is 1. The van der Waals surface area contributed by atoms with Crippen molar-refractivity contribution in [2.75, 3.05) is 17.8 Å². The van der Waals surface area contributed by atoms with E-state index < -0.39 is 23.9 Å². The highest BCUT2D eigenvalue weighted by molar-refractivity contribution is 7.80. The molecule has 22 heavy (non-hydrogen) atoms. The fourth-order valence-electron chi connectivity index (χ4n) is 2.06. The van der Waals surface area contributed by atoms with Gasteiger partial charge < -0.3 is 15.2 Å². The molecule has 0 unspecified atom stereocenters. The molecule has 1 aromatic rings. The second-order valence-corrected chi connectivity index (χ2v) is 5.19. The van der Waals surface area contributed by atoms with E-state index in [1.54, 1.807) is 5.48 Å². The number of hydrogen-bond acceptors (Lipinski definition) is 9. The Balaban J connectivity index is 1.90. The molecule has 4 N–H and O–H groups in total. The van der Waals surface area contributed by atoms with E-state index in [0.29, 0.717) is 12.8 Å². The molecule has 0 aromatic carbocycles. The molecule has 10 heteroatoms. The van der Waals surface area contributed by atoms with Gasteiger partial charge in [0.05, 0.1) is 6.10 Å². The van der Waals surface area contributed by atoms with Gasteiger partial charge in [-0.3, -0.25) is 20.0 Å². The first-order valence-corrected chi connectivity index (χ1v) is 7.36. The summed E-state index contributed by atoms with van der Waals surface area (Å²) in [5, 5.41) is 8.69. The normalized spacial score (nSPS) is 22.3. The molecule has 1 aliphatic rings. The Morgan fingerprint density at radius 3 is 3.09 bits per heavy atom. The van der Waals surface area contributed by atoms with Crippen LogP contribution in [0.2, 0.25) is 0 Å². The van der Waals surface area contributed by atoms with Gasteiger partial charge in [-0.25, -0.2) is 4.79 Å². The van der Waals surface area contributed by atoms with Gasteiger partial charge in [0, 0.05) is 11.9 Å². The number of carbonyl (C=O) groups excluding carboxylic acids is 1. The van der Waals surface area contributed by atoms with Gasteiger partial charge in [0.25, 0.3) is 0 Å². The molecule has 0 aliphatic carbocycles. The van der Waals surface area contributed by atoms with Crippen LogP contribution in [0.15, 0.2) is 17.1 Å². The van der Waals surface area contributed by atoms with Crippen molar-refractivity contribution in [1.82, 2.24) is 9.55 Å². The molecule has 2 heterocycles. The lowest BCUT2D eigenvalue weighted by Gasteiger charge is -2.16. The first kappa shape index (κ1) is 16.7. The smallest absolute Gasteiger partial charge is 0.351 e. The van der Waals surface area contributed by atoms with Crippen molar-refractivity contribution >= 4 is 24.4 Å². The Morgan fingerprint density at radius 2 is 2.45 bits per heavy atom. The number of esters is 1. The Kier molecular flexibility index (Phi) is 5.77. The summed E-state index contributed by atoms with van der Waals surface area (Å²) in [6, 6.07) is 0.690. The Labute approximate surface area is 131 Å². The number of hydrogen-bond donors (Lipinski definition) is 4. The minimum absolute atomic E-state index is 0.0606. The zero-order valence-corrected chi connectivity index (χ0v) is 12.6. The van der Waals surface area contributed by atoms with E-state index in [-0.39, 0.29) is 24.3 Å². The van der Waals surface area contributed by atoms with Crippen molar-refractivity contribution in [3.05, 3.63) is 22.7 Å². The summed E-state index contributed by atoms with van der Waals surface area (Å²) >= 11 is 3.92. The molecule has 3 atom stereocenters. The predicted molar refractivity (Wildman–Crippen MR) is 79.8 cm³/mol. The summed E-state index contributed by atoms with van der Waals surface area (Å²) in [4.78, 5) is 26.9. The fourth-order valence-corrected chi connectivity index (χ4v) is 2.21. The number of ether oxygens (including phenoxy) is 2. The van der Waals surface area contributed by atoms with Crippen molar-refractivity contribution in [2.45, 2.75) is 31.2 Å². The van der Waals surface area contributed by atoms with E-state index in [4.69, 9.17) is 20.4 Å². The number of thiol groups is 1. The van der Waals surface area contributed by atoms with E-state index in [9.17, 15) is 9.59 Å². The largest absolute Gasteiger partial charge is 0.462 e. The van der Waals surface area contributed by atoms with Crippen LogP contribution in [0.4, 0.5) is 5.82 Å². The van der Waals surface area contributed by atoms with Gasteiger partial charge in [0.1, 0.15) is 18.9 Å². The molecule has 0 bridgehead atoms. The minimum atomic E-state index is -0.758. The molecule has 1 saturated heterocycles. The lowest BCUT2D eigenvalue weighted by atomic mass is 10.2. The van der Waals surface area contributed by atoms with Crippen LogP contribution in [0.25, 0.3) is 0 Å². The first-order valence-electron chi connectivity index (χ1n) is 6.73. The van der Waals surface area contributed by atoms with Crippen LogP contribution in [0, 0.1) is 0 Å². The third-order valence-electron chi connectivity index (χ3n) is 3.25. The maximum atomic E-state index is 11.8. The first-order chi connectivity index (χ1) is 10.5. The summed E-state index contributed by atoms with van der Waals surface area (Å²) in [5.41, 5.74) is 6.75. The van der Waals surface area contributed by atoms with Gasteiger partial charge in [0.2, 0.25) is 0 Å². The maximum Gasteiger partial charge on any atom is 0.351 e. The SMILES string of the molecule is N[C@@H](CS)C(=O)OC[C@@H]1CC[C@H](n2ccc(NO)nc2=O)O1. The van der Waals surface area contributed by atoms with Crippen molar-refractivity contribution in [1.29, 1.82) is 0 Å². The third kappa shape index (κ3) is 3.97. The van der Waals surface area contributed by atoms with E-state index >= 15 is 0 Å². The monoisotopic (exact) mass is 330 g/mol. The lowest BCUT2D eigenvalue weighted by molar-refractivity contribution is -0.149. The number of carbonyl (C=O) groups is 1. The standard InChI is InChI=1S/C12H18N4O5S/c13-8(6-22)11(17)20-5-7-1-2-10(21-7)16-4-3-9(15-19)14-12(16)18/h3-4,7-8,10,19,22H,1-2,5-6,13H2,(H,14,15,18)/t7-,8-,10+/m0/s1. The number of nitrogens with two attached hydrogens (primary N) is 1. The molecule has 122 valence electrons. The Bertz CT molecular complexity index is 581. The predicted octanol–water partition coefficient (Wildman–Crippen LogP) is -0.478. The molecule has 0 radical (unpaired) electrons. The highest BCUT2D eigenvalue weighted by Crippen LogP contribution is 2.27. The average molecular weight is 330 g/mol. The van der Waals surface area contributed by atoms with Gasteiger partial charge in [-0.2, -0.15) is 17.6 Å². The molecule has 1 aliphatic heterocycles. The summed E-state index contributed by atoms with van der Waals surface area (Å²) in [5.74, 6) is -0.260. The highest BCUT2D eigenvalue weighted by atomic mass is 32.1. The van der Waals surface area contributed by atoms with Gasteiger partial charge in [-0.1, -0.05) is 0 Å². The molecule has 0 spiro atoms. The van der Waals surface area contributed by atoms with Gasteiger partial charge in [-0.15, -0.1) is 0 Å². The second-order valence-electron chi connectivity index (χ2n) is 4.82. The summed E-state index contributed by atoms with van der Waals surface area (Å²) in [6.45, 7) is 0.0786. The van der Waals surface area contributed by atoms with Crippen molar-refractivity contribution in [2.24, 2.45) is 5.73 Å². The van der Waals surface area contributed by atoms with E-state index in [1.165, 1.54) is 16.8 Å². The van der Waals surface area contributed by atoms with Gasteiger partial charge in [0.15, 0.2) is 5.82 Å². The quantitative estimate of drug-likeness (QED) is 0.313. The molecule has 1 aromatic heterocycles. The molecular weight excluding hydrogens is 312 g/mol. The number of aromatic nitrogens is 2. The molecule has 0 saturated carbocycles. The van der Waals surface area contributed by atoms with Gasteiger partial charge in [-0.05, 0) is 18.9 Å². The van der Waals surface area contributed by atoms with Crippen LogP contribution in [-0.4, -0.2) is 45.2 Å². The van der Waals surface area contributed by atoms with Crippen molar-refractivity contribution < 1.29 is 19.5 Å². The number of nitrogens with zero attached hydrogens (tertiary/aromatic N) is 2. The van der Waals surface area contributed by atoms with Gasteiger partial charge >= 0.3 is 11.7 Å². The Hall–Kier alpha value is -1.62. The van der Waals surface area contributed by atoms with Crippen molar-refractivity contribution in [3.8, 4) is 0 Å². The zero-order chi connectivity index (χ0) is 16.1. The van der Waals surface area contributed by atoms with Crippen LogP contribution < -0.4 is 16.9 Å². The molecule has 2 rings (SSSR count). The van der Waals surface area contributed by atoms with E-state index in [1.807, 2.05) is 0 Å². The van der Waals surface area contributed by atoms with E-state index in [0.717, 1.165) is 0 Å². The Morgan fingerprint density at radius 1 is 1.68 bits per heavy atom. The second kappa shape index (κ2) is 7.58. The van der Waals surface area contributed by atoms with Crippen LogP contribution in [0.5, 0.6) is 0 Å². The maximum absolute atomic E-state index is 11.8. The average Bonchev–Trinajstić information content (AvgIpc) is 3.00. The topological polar surface area (TPSA) is 129 Å². The lowest BCUT2D eigenvalue weighted by Crippen LogP contribution is -2.35. The highest BCUT2D eigenvalue weighted by Gasteiger charge is 2.29.